The number of nitrogens with one attached hydrogen (secondary N) is 2. The molecule has 0 saturated carbocycles. The lowest BCUT2D eigenvalue weighted by Crippen LogP contribution is -3.26. The quantitative estimate of drug-likeness (QED) is 0.191. The third kappa shape index (κ3) is 13.8. The van der Waals surface area contributed by atoms with Crippen molar-refractivity contribution in [1.82, 2.24) is 0 Å². The average Bonchev–Trinajstić information content (AvgIpc) is 2.80. The van der Waals surface area contributed by atoms with E-state index in [2.05, 4.69) is 19.1 Å². The largest absolute Gasteiger partial charge is 1.00 e. The van der Waals surface area contributed by atoms with Crippen LogP contribution < -0.4 is 39.4 Å². The summed E-state index contributed by atoms with van der Waals surface area (Å²) in [6.07, 6.45) is 13.0. The maximum absolute atomic E-state index is 10.4. The fourth-order valence-electron chi connectivity index (χ4n) is 4.62. The number of unbranched alkanes of at least 4 members (excludes halogenated alkanes) is 9. The lowest BCUT2D eigenvalue weighted by molar-refractivity contribution is -0.988. The van der Waals surface area contributed by atoms with Crippen LogP contribution in [0.3, 0.4) is 0 Å². The van der Waals surface area contributed by atoms with E-state index in [9.17, 15) is 5.11 Å². The van der Waals surface area contributed by atoms with E-state index < -0.39 is 0 Å². The molecule has 1 fully saturated rings. The topological polar surface area (TPSA) is 47.6 Å². The van der Waals surface area contributed by atoms with Crippen LogP contribution in [0, 0.1) is 0 Å². The van der Waals surface area contributed by atoms with Crippen LogP contribution in [-0.4, -0.2) is 64.3 Å². The highest BCUT2D eigenvalue weighted by molar-refractivity contribution is 5.45. The SMILES string of the molecule is CCCCCCCCCCCCOCC(O)C[NH+]1CC[NH+](c2ccccc2OC)CC1.[Cl-].[Cl-]. The van der Waals surface area contributed by atoms with Crippen LogP contribution in [0.2, 0.25) is 0 Å². The van der Waals surface area contributed by atoms with Crippen molar-refractivity contribution >= 4 is 5.69 Å². The molecule has 1 unspecified atom stereocenters. The van der Waals surface area contributed by atoms with Gasteiger partial charge in [-0.3, -0.25) is 4.90 Å². The first-order chi connectivity index (χ1) is 15.2. The van der Waals surface area contributed by atoms with Crippen LogP contribution in [0.1, 0.15) is 71.1 Å². The molecule has 2 rings (SSSR count). The van der Waals surface area contributed by atoms with Gasteiger partial charge < -0.3 is 44.3 Å². The van der Waals surface area contributed by atoms with Crippen molar-refractivity contribution in [2.24, 2.45) is 0 Å². The first-order valence-electron chi connectivity index (χ1n) is 12.8. The van der Waals surface area contributed by atoms with Crippen molar-refractivity contribution in [3.05, 3.63) is 24.3 Å². The predicted octanol–water partition coefficient (Wildman–Crippen LogP) is -3.58. The number of ether oxygens (including phenoxy) is 2. The second-order valence-corrected chi connectivity index (χ2v) is 9.17. The van der Waals surface area contributed by atoms with Crippen molar-refractivity contribution in [3.8, 4) is 5.75 Å². The lowest BCUT2D eigenvalue weighted by Gasteiger charge is -2.31. The molecular formula is C26H48Cl2N2O3. The smallest absolute Gasteiger partial charge is 0.179 e. The summed E-state index contributed by atoms with van der Waals surface area (Å²) in [6.45, 7) is 8.61. The highest BCUT2D eigenvalue weighted by Crippen LogP contribution is 2.18. The van der Waals surface area contributed by atoms with E-state index in [-0.39, 0.29) is 30.9 Å². The Hall–Kier alpha value is -0.560. The summed E-state index contributed by atoms with van der Waals surface area (Å²) < 4.78 is 11.3. The van der Waals surface area contributed by atoms with Crippen LogP contribution >= 0.6 is 0 Å². The van der Waals surface area contributed by atoms with Crippen molar-refractivity contribution in [3.63, 3.8) is 0 Å². The summed E-state index contributed by atoms with van der Waals surface area (Å²) >= 11 is 0. The molecule has 5 nitrogen and oxygen atoms in total. The van der Waals surface area contributed by atoms with Crippen molar-refractivity contribution in [2.45, 2.75) is 77.2 Å². The third-order valence-corrected chi connectivity index (χ3v) is 6.53. The molecule has 1 saturated heterocycles. The first-order valence-corrected chi connectivity index (χ1v) is 12.8. The summed E-state index contributed by atoms with van der Waals surface area (Å²) in [7, 11) is 1.74. The molecule has 1 aliphatic heterocycles. The molecule has 0 spiro atoms. The molecule has 3 N–H and O–H groups in total. The molecule has 194 valence electrons. The van der Waals surface area contributed by atoms with E-state index in [0.29, 0.717) is 6.61 Å². The Balaban J connectivity index is 0.00000512. The molecule has 1 aromatic carbocycles. The van der Waals surface area contributed by atoms with Gasteiger partial charge in [0.1, 0.15) is 38.8 Å². The van der Waals surface area contributed by atoms with Crippen LogP contribution in [0.4, 0.5) is 5.69 Å². The lowest BCUT2D eigenvalue weighted by atomic mass is 10.1. The van der Waals surface area contributed by atoms with Gasteiger partial charge in [0.05, 0.1) is 13.7 Å². The van der Waals surface area contributed by atoms with Gasteiger partial charge in [0, 0.05) is 12.7 Å². The summed E-state index contributed by atoms with van der Waals surface area (Å²) in [5.74, 6) is 0.973. The van der Waals surface area contributed by atoms with Crippen LogP contribution in [0.5, 0.6) is 5.75 Å². The van der Waals surface area contributed by atoms with E-state index in [1.807, 2.05) is 12.1 Å². The number of methoxy groups -OCH3 is 1. The highest BCUT2D eigenvalue weighted by atomic mass is 35.5. The van der Waals surface area contributed by atoms with Gasteiger partial charge in [0.25, 0.3) is 0 Å². The molecule has 1 aromatic rings. The Kier molecular flexibility index (Phi) is 20.4. The number of aliphatic hydroxyl groups is 1. The van der Waals surface area contributed by atoms with Gasteiger partial charge in [0.2, 0.25) is 0 Å². The second kappa shape index (κ2) is 20.8. The van der Waals surface area contributed by atoms with Gasteiger partial charge in [-0.2, -0.15) is 0 Å². The maximum Gasteiger partial charge on any atom is 0.179 e. The molecule has 0 amide bonds. The second-order valence-electron chi connectivity index (χ2n) is 9.17. The fourth-order valence-corrected chi connectivity index (χ4v) is 4.62. The third-order valence-electron chi connectivity index (χ3n) is 6.53. The summed E-state index contributed by atoms with van der Waals surface area (Å²) in [6, 6.07) is 8.31. The zero-order chi connectivity index (χ0) is 22.2. The average molecular weight is 508 g/mol. The Morgan fingerprint density at radius 3 is 2.03 bits per heavy atom. The minimum atomic E-state index is -0.356. The summed E-state index contributed by atoms with van der Waals surface area (Å²) in [5, 5.41) is 10.4. The minimum absolute atomic E-state index is 0. The van der Waals surface area contributed by atoms with Crippen molar-refractivity contribution in [1.29, 1.82) is 0 Å². The summed E-state index contributed by atoms with van der Waals surface area (Å²) in [5.41, 5.74) is 1.25. The monoisotopic (exact) mass is 506 g/mol. The molecule has 1 aliphatic rings. The number of hydrogen-bond acceptors (Lipinski definition) is 3. The van der Waals surface area contributed by atoms with E-state index >= 15 is 0 Å². The Morgan fingerprint density at radius 2 is 1.42 bits per heavy atom. The molecule has 1 atom stereocenters. The number of hydrogen-bond donors (Lipinski definition) is 3. The molecule has 1 heterocycles. The zero-order valence-corrected chi connectivity index (χ0v) is 22.4. The number of para-hydroxylation sites is 2. The Bertz CT molecular complexity index is 572. The molecule has 0 aliphatic carbocycles. The van der Waals surface area contributed by atoms with Crippen molar-refractivity contribution in [2.75, 3.05) is 53.0 Å². The van der Waals surface area contributed by atoms with E-state index in [1.54, 1.807) is 7.11 Å². The number of quaternary nitrogens is 2. The number of rotatable bonds is 17. The molecule has 7 heteroatoms. The number of aliphatic hydroxyl groups excluding tert-OH is 1. The van der Waals surface area contributed by atoms with Crippen LogP contribution in [-0.2, 0) is 4.74 Å². The van der Waals surface area contributed by atoms with E-state index in [1.165, 1.54) is 73.3 Å². The van der Waals surface area contributed by atoms with E-state index in [0.717, 1.165) is 51.5 Å². The number of benzene rings is 1. The van der Waals surface area contributed by atoms with Gasteiger partial charge in [-0.05, 0) is 12.5 Å². The highest BCUT2D eigenvalue weighted by Gasteiger charge is 2.27. The molecule has 0 radical (unpaired) electrons. The van der Waals surface area contributed by atoms with Crippen molar-refractivity contribution < 1.29 is 49.2 Å². The first kappa shape index (κ1) is 32.4. The molecule has 33 heavy (non-hydrogen) atoms. The standard InChI is InChI=1S/C26H46N2O3.2ClH/c1-3-4-5-6-7-8-9-10-11-14-21-31-23-24(29)22-27-17-19-28(20-18-27)25-15-12-13-16-26(25)30-2;;/h12-13,15-16,24,29H,3-11,14,17-23H2,1-2H3;2*1H. The molecule has 0 aromatic heterocycles. The van der Waals surface area contributed by atoms with Gasteiger partial charge in [-0.15, -0.1) is 0 Å². The van der Waals surface area contributed by atoms with Gasteiger partial charge in [-0.25, -0.2) is 0 Å². The van der Waals surface area contributed by atoms with Crippen LogP contribution in [0.15, 0.2) is 24.3 Å². The summed E-state index contributed by atoms with van der Waals surface area (Å²) in [4.78, 5) is 2.96. The Morgan fingerprint density at radius 1 is 0.848 bits per heavy atom. The normalized spacial score (nSPS) is 18.8. The van der Waals surface area contributed by atoms with Gasteiger partial charge in [-0.1, -0.05) is 76.8 Å². The Labute approximate surface area is 215 Å². The van der Waals surface area contributed by atoms with Gasteiger partial charge >= 0.3 is 0 Å². The number of piperazine rings is 1. The maximum atomic E-state index is 10.4. The number of halogens is 2. The fraction of sp³-hybridized carbons (Fsp3) is 0.769. The van der Waals surface area contributed by atoms with Gasteiger partial charge in [0.15, 0.2) is 11.4 Å². The molecule has 0 bridgehead atoms. The minimum Gasteiger partial charge on any atom is -1.00 e. The molecular weight excluding hydrogens is 459 g/mol. The predicted molar refractivity (Wildman–Crippen MR) is 128 cm³/mol. The van der Waals surface area contributed by atoms with E-state index in [4.69, 9.17) is 9.47 Å². The van der Waals surface area contributed by atoms with Crippen LogP contribution in [0.25, 0.3) is 0 Å². The zero-order valence-electron chi connectivity index (χ0n) is 20.9.